The van der Waals surface area contributed by atoms with Crippen LogP contribution in [0.5, 0.6) is 5.75 Å². The van der Waals surface area contributed by atoms with Gasteiger partial charge in [0.2, 0.25) is 15.9 Å². The Hall–Kier alpha value is -2.25. The summed E-state index contributed by atoms with van der Waals surface area (Å²) in [5.41, 5.74) is 2.10. The van der Waals surface area contributed by atoms with Crippen LogP contribution in [0.4, 0.5) is 11.4 Å². The maximum atomic E-state index is 12.2. The van der Waals surface area contributed by atoms with E-state index in [-0.39, 0.29) is 18.9 Å². The molecule has 0 aliphatic heterocycles. The highest BCUT2D eigenvalue weighted by molar-refractivity contribution is 7.92. The van der Waals surface area contributed by atoms with Crippen LogP contribution in [-0.2, 0) is 14.8 Å². The third-order valence-electron chi connectivity index (χ3n) is 4.07. The lowest BCUT2D eigenvalue weighted by atomic mass is 10.2. The van der Waals surface area contributed by atoms with Gasteiger partial charge >= 0.3 is 0 Å². The predicted molar refractivity (Wildman–Crippen MR) is 114 cm³/mol. The number of aryl methyl sites for hydroxylation is 1. The van der Waals surface area contributed by atoms with Crippen LogP contribution in [0.3, 0.4) is 0 Å². The first-order valence-electron chi connectivity index (χ1n) is 8.97. The zero-order valence-electron chi connectivity index (χ0n) is 16.2. The summed E-state index contributed by atoms with van der Waals surface area (Å²) in [6, 6.07) is 12.1. The van der Waals surface area contributed by atoms with Crippen molar-refractivity contribution < 1.29 is 17.9 Å². The summed E-state index contributed by atoms with van der Waals surface area (Å²) >= 11 is 5.96. The normalized spacial score (nSPS) is 11.1. The first-order valence-corrected chi connectivity index (χ1v) is 11.2. The van der Waals surface area contributed by atoms with Crippen LogP contribution in [0, 0.1) is 6.92 Å². The number of amides is 1. The third kappa shape index (κ3) is 6.42. The lowest BCUT2D eigenvalue weighted by Crippen LogP contribution is -2.31. The van der Waals surface area contributed by atoms with Crippen LogP contribution in [0.2, 0.25) is 5.02 Å². The lowest BCUT2D eigenvalue weighted by Gasteiger charge is -2.22. The molecule has 0 bridgehead atoms. The first kappa shape index (κ1) is 22.0. The minimum Gasteiger partial charge on any atom is -0.494 e. The van der Waals surface area contributed by atoms with Crippen molar-refractivity contribution in [2.45, 2.75) is 26.7 Å². The number of sulfonamides is 1. The molecule has 2 rings (SSSR count). The van der Waals surface area contributed by atoms with Gasteiger partial charge in [-0.2, -0.15) is 0 Å². The van der Waals surface area contributed by atoms with E-state index in [1.54, 1.807) is 36.4 Å². The van der Waals surface area contributed by atoms with Crippen LogP contribution < -0.4 is 14.4 Å². The number of halogens is 1. The quantitative estimate of drug-likeness (QED) is 0.653. The zero-order valence-corrected chi connectivity index (χ0v) is 17.8. The first-order chi connectivity index (χ1) is 13.2. The molecule has 0 spiro atoms. The van der Waals surface area contributed by atoms with E-state index in [0.717, 1.165) is 11.8 Å². The number of nitrogens with one attached hydrogen (secondary N) is 1. The monoisotopic (exact) mass is 424 g/mol. The highest BCUT2D eigenvalue weighted by Gasteiger charge is 2.18. The van der Waals surface area contributed by atoms with Gasteiger partial charge < -0.3 is 10.1 Å². The van der Waals surface area contributed by atoms with Crippen molar-refractivity contribution in [1.29, 1.82) is 0 Å². The molecule has 0 saturated heterocycles. The third-order valence-corrected chi connectivity index (χ3v) is 5.50. The van der Waals surface area contributed by atoms with Crippen LogP contribution in [0.1, 0.15) is 25.3 Å². The van der Waals surface area contributed by atoms with Crippen LogP contribution >= 0.6 is 11.6 Å². The van der Waals surface area contributed by atoms with E-state index < -0.39 is 10.0 Å². The maximum Gasteiger partial charge on any atom is 0.232 e. The molecule has 2 aromatic carbocycles. The number of carbonyl (C=O) groups is 1. The second-order valence-corrected chi connectivity index (χ2v) is 8.72. The lowest BCUT2D eigenvalue weighted by molar-refractivity contribution is -0.116. The molecular weight excluding hydrogens is 400 g/mol. The van der Waals surface area contributed by atoms with E-state index in [4.69, 9.17) is 16.3 Å². The minimum absolute atomic E-state index is 0.189. The van der Waals surface area contributed by atoms with Crippen molar-refractivity contribution in [3.05, 3.63) is 53.1 Å². The summed E-state index contributed by atoms with van der Waals surface area (Å²) < 4.78 is 31.0. The van der Waals surface area contributed by atoms with Crippen LogP contribution in [-0.4, -0.2) is 33.7 Å². The Bertz CT molecular complexity index is 914. The molecule has 0 unspecified atom stereocenters. The second kappa shape index (κ2) is 9.80. The number of nitrogens with zero attached hydrogens (tertiary/aromatic N) is 1. The van der Waals surface area contributed by atoms with Gasteiger partial charge in [-0.3, -0.25) is 9.10 Å². The minimum atomic E-state index is -3.47. The van der Waals surface area contributed by atoms with Gasteiger partial charge in [0.15, 0.2) is 0 Å². The predicted octanol–water partition coefficient (Wildman–Crippen LogP) is 4.23. The molecular formula is C20H25ClN2O4S. The fourth-order valence-corrected chi connectivity index (χ4v) is 3.82. The Balaban J connectivity index is 1.98. The average molecular weight is 425 g/mol. The molecule has 2 aromatic rings. The van der Waals surface area contributed by atoms with Crippen molar-refractivity contribution in [2.24, 2.45) is 0 Å². The highest BCUT2D eigenvalue weighted by Crippen LogP contribution is 2.23. The SMILES string of the molecule is CCOc1ccc(N(CCCC(=O)Nc2cc(Cl)ccc2C)S(C)(=O)=O)cc1. The topological polar surface area (TPSA) is 75.7 Å². The molecule has 28 heavy (non-hydrogen) atoms. The molecule has 0 aliphatic carbocycles. The average Bonchev–Trinajstić information content (AvgIpc) is 2.62. The summed E-state index contributed by atoms with van der Waals surface area (Å²) in [6.07, 6.45) is 1.72. The number of hydrogen-bond donors (Lipinski definition) is 1. The summed E-state index contributed by atoms with van der Waals surface area (Å²) in [5, 5.41) is 3.36. The van der Waals surface area contributed by atoms with E-state index in [9.17, 15) is 13.2 Å². The summed E-state index contributed by atoms with van der Waals surface area (Å²) in [5.74, 6) is 0.487. The summed E-state index contributed by atoms with van der Waals surface area (Å²) in [4.78, 5) is 12.2. The van der Waals surface area contributed by atoms with E-state index in [2.05, 4.69) is 5.32 Å². The number of carbonyl (C=O) groups excluding carboxylic acids is 1. The Morgan fingerprint density at radius 3 is 2.46 bits per heavy atom. The molecule has 0 fully saturated rings. The fraction of sp³-hybridized carbons (Fsp3) is 0.350. The van der Waals surface area contributed by atoms with Gasteiger partial charge in [0, 0.05) is 23.7 Å². The molecule has 6 nitrogen and oxygen atoms in total. The smallest absolute Gasteiger partial charge is 0.232 e. The van der Waals surface area contributed by atoms with Gasteiger partial charge in [-0.1, -0.05) is 17.7 Å². The molecule has 0 atom stereocenters. The molecule has 152 valence electrons. The number of hydrogen-bond acceptors (Lipinski definition) is 4. The maximum absolute atomic E-state index is 12.2. The van der Waals surface area contributed by atoms with E-state index in [1.165, 1.54) is 4.31 Å². The van der Waals surface area contributed by atoms with Crippen molar-refractivity contribution in [3.8, 4) is 5.75 Å². The molecule has 0 aliphatic rings. The van der Waals surface area contributed by atoms with Crippen molar-refractivity contribution >= 4 is 38.9 Å². The summed E-state index contributed by atoms with van der Waals surface area (Å²) in [7, 11) is -3.47. The number of benzene rings is 2. The zero-order chi connectivity index (χ0) is 20.7. The number of rotatable bonds is 9. The van der Waals surface area contributed by atoms with E-state index in [0.29, 0.717) is 35.2 Å². The Morgan fingerprint density at radius 2 is 1.86 bits per heavy atom. The van der Waals surface area contributed by atoms with Crippen molar-refractivity contribution in [3.63, 3.8) is 0 Å². The Morgan fingerprint density at radius 1 is 1.18 bits per heavy atom. The second-order valence-electron chi connectivity index (χ2n) is 6.37. The molecule has 0 heterocycles. The van der Waals surface area contributed by atoms with Crippen molar-refractivity contribution in [1.82, 2.24) is 0 Å². The molecule has 0 saturated carbocycles. The van der Waals surface area contributed by atoms with Gasteiger partial charge in [0.25, 0.3) is 0 Å². The number of anilines is 2. The van der Waals surface area contributed by atoms with Gasteiger partial charge in [-0.15, -0.1) is 0 Å². The molecule has 8 heteroatoms. The molecule has 1 amide bonds. The van der Waals surface area contributed by atoms with Gasteiger partial charge in [-0.05, 0) is 62.2 Å². The Labute approximate surface area is 171 Å². The van der Waals surface area contributed by atoms with Gasteiger partial charge in [0.1, 0.15) is 5.75 Å². The van der Waals surface area contributed by atoms with Crippen molar-refractivity contribution in [2.75, 3.05) is 29.0 Å². The number of ether oxygens (including phenoxy) is 1. The Kier molecular flexibility index (Phi) is 7.71. The standard InChI is InChI=1S/C20H25ClN2O4S/c1-4-27-18-11-9-17(10-12-18)23(28(3,25)26)13-5-6-20(24)22-19-14-16(21)8-7-15(19)2/h7-12,14H,4-6,13H2,1-3H3,(H,22,24). The molecule has 0 aromatic heterocycles. The largest absolute Gasteiger partial charge is 0.494 e. The van der Waals surface area contributed by atoms with Crippen LogP contribution in [0.15, 0.2) is 42.5 Å². The molecule has 0 radical (unpaired) electrons. The van der Waals surface area contributed by atoms with Gasteiger partial charge in [0.05, 0.1) is 18.6 Å². The summed E-state index contributed by atoms with van der Waals surface area (Å²) in [6.45, 7) is 4.50. The van der Waals surface area contributed by atoms with E-state index in [1.807, 2.05) is 19.9 Å². The van der Waals surface area contributed by atoms with Gasteiger partial charge in [-0.25, -0.2) is 8.42 Å². The van der Waals surface area contributed by atoms with Crippen LogP contribution in [0.25, 0.3) is 0 Å². The highest BCUT2D eigenvalue weighted by atomic mass is 35.5. The fourth-order valence-electron chi connectivity index (χ4n) is 2.69. The van der Waals surface area contributed by atoms with E-state index >= 15 is 0 Å². The molecule has 1 N–H and O–H groups in total.